The van der Waals surface area contributed by atoms with Gasteiger partial charge in [0.1, 0.15) is 5.82 Å². The van der Waals surface area contributed by atoms with Crippen LogP contribution in [0.25, 0.3) is 0 Å². The predicted molar refractivity (Wildman–Crippen MR) is 73.2 cm³/mol. The van der Waals surface area contributed by atoms with Gasteiger partial charge in [0.05, 0.1) is 5.02 Å². The van der Waals surface area contributed by atoms with Crippen molar-refractivity contribution in [3.05, 3.63) is 34.6 Å². The lowest BCUT2D eigenvalue weighted by Gasteiger charge is -2.25. The van der Waals surface area contributed by atoms with E-state index in [1.165, 1.54) is 12.1 Å². The second-order valence-corrected chi connectivity index (χ2v) is 5.50. The summed E-state index contributed by atoms with van der Waals surface area (Å²) in [5.74, 6) is -0.426. The molecule has 3 nitrogen and oxygen atoms in total. The molecule has 0 bridgehead atoms. The van der Waals surface area contributed by atoms with E-state index in [1.807, 2.05) is 0 Å². The number of amides is 1. The van der Waals surface area contributed by atoms with Crippen LogP contribution in [0.3, 0.4) is 0 Å². The summed E-state index contributed by atoms with van der Waals surface area (Å²) in [4.78, 5) is 12.0. The summed E-state index contributed by atoms with van der Waals surface area (Å²) < 4.78 is 13.0. The number of carbonyl (C=O) groups is 1. The number of benzene rings is 1. The van der Waals surface area contributed by atoms with Crippen molar-refractivity contribution in [3.63, 3.8) is 0 Å². The van der Waals surface area contributed by atoms with Gasteiger partial charge in [0.15, 0.2) is 0 Å². The van der Waals surface area contributed by atoms with Gasteiger partial charge in [-0.25, -0.2) is 4.39 Å². The lowest BCUT2D eigenvalue weighted by molar-refractivity contribution is -0.126. The number of hydrogen-bond donors (Lipinski definition) is 2. The molecule has 1 saturated carbocycles. The van der Waals surface area contributed by atoms with Gasteiger partial charge in [0.2, 0.25) is 5.91 Å². The van der Waals surface area contributed by atoms with Crippen LogP contribution in [0, 0.1) is 11.7 Å². The highest BCUT2D eigenvalue weighted by atomic mass is 35.5. The van der Waals surface area contributed by atoms with E-state index in [1.54, 1.807) is 6.07 Å². The Bertz CT molecular complexity index is 467. The third-order valence-corrected chi connectivity index (χ3v) is 3.83. The minimum Gasteiger partial charge on any atom is -0.352 e. The highest BCUT2D eigenvalue weighted by Gasteiger charge is 2.24. The Hall–Kier alpha value is -1.13. The van der Waals surface area contributed by atoms with E-state index in [4.69, 9.17) is 17.3 Å². The van der Waals surface area contributed by atoms with E-state index in [0.717, 1.165) is 31.2 Å². The maximum atomic E-state index is 13.0. The summed E-state index contributed by atoms with van der Waals surface area (Å²) in [6.07, 6.45) is 3.64. The Balaban J connectivity index is 1.87. The van der Waals surface area contributed by atoms with Gasteiger partial charge in [0.25, 0.3) is 0 Å². The van der Waals surface area contributed by atoms with Crippen LogP contribution in [0.15, 0.2) is 18.2 Å². The Morgan fingerprint density at radius 3 is 2.95 bits per heavy atom. The third kappa shape index (κ3) is 3.91. The first-order chi connectivity index (χ1) is 9.06. The van der Waals surface area contributed by atoms with Crippen molar-refractivity contribution in [3.8, 4) is 0 Å². The van der Waals surface area contributed by atoms with Crippen molar-refractivity contribution in [2.75, 3.05) is 0 Å². The SMILES string of the molecule is NC1CCCC(C(=O)NCc2ccc(F)c(Cl)c2)C1. The molecule has 5 heteroatoms. The molecule has 3 N–H and O–H groups in total. The molecule has 2 rings (SSSR count). The molecule has 1 aromatic carbocycles. The molecule has 0 spiro atoms. The van der Waals surface area contributed by atoms with E-state index in [9.17, 15) is 9.18 Å². The monoisotopic (exact) mass is 284 g/mol. The minimum atomic E-state index is -0.449. The first-order valence-electron chi connectivity index (χ1n) is 6.53. The van der Waals surface area contributed by atoms with E-state index in [-0.39, 0.29) is 22.9 Å². The molecule has 1 amide bonds. The Labute approximate surface area is 117 Å². The van der Waals surface area contributed by atoms with Crippen LogP contribution >= 0.6 is 11.6 Å². The van der Waals surface area contributed by atoms with E-state index in [0.29, 0.717) is 6.54 Å². The second-order valence-electron chi connectivity index (χ2n) is 5.09. The van der Waals surface area contributed by atoms with Gasteiger partial charge in [0, 0.05) is 18.5 Å². The summed E-state index contributed by atoms with van der Waals surface area (Å²) >= 11 is 5.69. The zero-order valence-electron chi connectivity index (χ0n) is 10.7. The molecule has 104 valence electrons. The highest BCUT2D eigenvalue weighted by molar-refractivity contribution is 6.30. The molecular weight excluding hydrogens is 267 g/mol. The fourth-order valence-corrected chi connectivity index (χ4v) is 2.65. The van der Waals surface area contributed by atoms with Crippen LogP contribution in [-0.2, 0) is 11.3 Å². The molecule has 1 fully saturated rings. The van der Waals surface area contributed by atoms with E-state index >= 15 is 0 Å². The van der Waals surface area contributed by atoms with Gasteiger partial charge < -0.3 is 11.1 Å². The Morgan fingerprint density at radius 2 is 2.26 bits per heavy atom. The number of halogens is 2. The molecule has 0 radical (unpaired) electrons. The van der Waals surface area contributed by atoms with Gasteiger partial charge in [-0.1, -0.05) is 24.1 Å². The lowest BCUT2D eigenvalue weighted by Crippen LogP contribution is -2.37. The Morgan fingerprint density at radius 1 is 1.47 bits per heavy atom. The van der Waals surface area contributed by atoms with Gasteiger partial charge >= 0.3 is 0 Å². The average molecular weight is 285 g/mol. The van der Waals surface area contributed by atoms with Crippen molar-refractivity contribution in [1.82, 2.24) is 5.32 Å². The standard InChI is InChI=1S/C14H18ClFN2O/c15-12-6-9(4-5-13(12)16)8-18-14(19)10-2-1-3-11(17)7-10/h4-6,10-11H,1-3,7-8,17H2,(H,18,19). The molecule has 2 atom stereocenters. The number of nitrogens with one attached hydrogen (secondary N) is 1. The van der Waals surface area contributed by atoms with Crippen molar-refractivity contribution >= 4 is 17.5 Å². The van der Waals surface area contributed by atoms with Crippen LogP contribution in [0.1, 0.15) is 31.2 Å². The molecule has 0 aliphatic heterocycles. The zero-order valence-corrected chi connectivity index (χ0v) is 11.4. The molecule has 0 saturated heterocycles. The summed E-state index contributed by atoms with van der Waals surface area (Å²) in [6.45, 7) is 0.366. The van der Waals surface area contributed by atoms with Gasteiger partial charge in [-0.05, 0) is 37.0 Å². The van der Waals surface area contributed by atoms with Gasteiger partial charge in [-0.3, -0.25) is 4.79 Å². The van der Waals surface area contributed by atoms with Crippen LogP contribution in [0.2, 0.25) is 5.02 Å². The molecule has 1 aliphatic rings. The van der Waals surface area contributed by atoms with Crippen molar-refractivity contribution in [2.24, 2.45) is 11.7 Å². The largest absolute Gasteiger partial charge is 0.352 e. The van der Waals surface area contributed by atoms with Crippen molar-refractivity contribution in [1.29, 1.82) is 0 Å². The summed E-state index contributed by atoms with van der Waals surface area (Å²) in [5.41, 5.74) is 6.66. The number of rotatable bonds is 3. The lowest BCUT2D eigenvalue weighted by atomic mass is 9.85. The van der Waals surface area contributed by atoms with Crippen molar-refractivity contribution < 1.29 is 9.18 Å². The van der Waals surface area contributed by atoms with Crippen LogP contribution in [-0.4, -0.2) is 11.9 Å². The van der Waals surface area contributed by atoms with Crippen LogP contribution in [0.4, 0.5) is 4.39 Å². The fourth-order valence-electron chi connectivity index (χ4n) is 2.45. The second kappa shape index (κ2) is 6.35. The fraction of sp³-hybridized carbons (Fsp3) is 0.500. The van der Waals surface area contributed by atoms with Crippen LogP contribution < -0.4 is 11.1 Å². The minimum absolute atomic E-state index is 0.000305. The van der Waals surface area contributed by atoms with E-state index < -0.39 is 5.82 Å². The maximum Gasteiger partial charge on any atom is 0.223 e. The number of carbonyl (C=O) groups excluding carboxylic acids is 1. The maximum absolute atomic E-state index is 13.0. The molecule has 0 heterocycles. The third-order valence-electron chi connectivity index (χ3n) is 3.54. The summed E-state index contributed by atoms with van der Waals surface area (Å²) in [7, 11) is 0. The van der Waals surface area contributed by atoms with Crippen molar-refractivity contribution in [2.45, 2.75) is 38.3 Å². The van der Waals surface area contributed by atoms with Crippen LogP contribution in [0.5, 0.6) is 0 Å². The molecule has 1 aliphatic carbocycles. The predicted octanol–water partition coefficient (Wildman–Crippen LogP) is 2.61. The summed E-state index contributed by atoms with van der Waals surface area (Å²) in [6, 6.07) is 4.59. The zero-order chi connectivity index (χ0) is 13.8. The molecule has 19 heavy (non-hydrogen) atoms. The molecule has 0 aromatic heterocycles. The Kier molecular flexibility index (Phi) is 4.77. The smallest absolute Gasteiger partial charge is 0.223 e. The number of hydrogen-bond acceptors (Lipinski definition) is 2. The quantitative estimate of drug-likeness (QED) is 0.896. The van der Waals surface area contributed by atoms with E-state index in [2.05, 4.69) is 5.32 Å². The topological polar surface area (TPSA) is 55.1 Å². The number of nitrogens with two attached hydrogens (primary N) is 1. The highest BCUT2D eigenvalue weighted by Crippen LogP contribution is 2.23. The first kappa shape index (κ1) is 14.3. The summed E-state index contributed by atoms with van der Waals surface area (Å²) in [5, 5.41) is 2.94. The van der Waals surface area contributed by atoms with Gasteiger partial charge in [-0.15, -0.1) is 0 Å². The molecule has 2 unspecified atom stereocenters. The average Bonchev–Trinajstić information content (AvgIpc) is 2.40. The normalized spacial score (nSPS) is 23.1. The molecular formula is C14H18ClFN2O. The first-order valence-corrected chi connectivity index (χ1v) is 6.91. The molecule has 1 aromatic rings. The van der Waals surface area contributed by atoms with Gasteiger partial charge in [-0.2, -0.15) is 0 Å².